The third kappa shape index (κ3) is 13.8. The maximum absolute atomic E-state index is 10.2. The van der Waals surface area contributed by atoms with Crippen molar-refractivity contribution in [2.24, 2.45) is 0 Å². The van der Waals surface area contributed by atoms with Crippen molar-refractivity contribution in [3.8, 4) is 0 Å². The fourth-order valence-electron chi connectivity index (χ4n) is 0.233. The molecule has 4 N–H and O–H groups in total. The van der Waals surface area contributed by atoms with E-state index in [0.717, 1.165) is 0 Å². The van der Waals surface area contributed by atoms with Gasteiger partial charge in [0.25, 0.3) is 0 Å². The molecule has 0 rings (SSSR count). The molecule has 0 aliphatic heterocycles. The van der Waals surface area contributed by atoms with Gasteiger partial charge in [-0.25, -0.2) is 8.20 Å². The van der Waals surface area contributed by atoms with Crippen molar-refractivity contribution < 1.29 is 98.7 Å². The van der Waals surface area contributed by atoms with Gasteiger partial charge < -0.3 is 22.9 Å². The number of hydrogen-bond donors (Lipinski definition) is 4. The van der Waals surface area contributed by atoms with Gasteiger partial charge in [-0.1, -0.05) is 0 Å². The molecular formula is H6B2Na2O8S. The molecule has 0 aromatic heterocycles. The van der Waals surface area contributed by atoms with E-state index in [-0.39, 0.29) is 62.0 Å². The predicted molar refractivity (Wildman–Crippen MR) is 33.7 cm³/mol. The molecule has 0 amide bonds. The molecule has 0 aliphatic carbocycles. The topological polar surface area (TPSA) is 134 Å². The molecule has 0 saturated heterocycles. The molecular weight excluding hydrogens is 228 g/mol. The van der Waals surface area contributed by atoms with Crippen LogP contribution in [-0.4, -0.2) is 43.2 Å². The Morgan fingerprint density at radius 1 is 0.923 bits per heavy atom. The fourth-order valence-corrected chi connectivity index (χ4v) is 0.700. The largest absolute Gasteiger partial charge is 1.00 e. The van der Waals surface area contributed by atoms with E-state index < -0.39 is 25.0 Å². The van der Waals surface area contributed by atoms with Crippen molar-refractivity contribution in [3.05, 3.63) is 0 Å². The zero-order valence-corrected chi connectivity index (χ0v) is 11.8. The SMILES string of the molecule is O=S(=O)(OB(O)O)OB(O)O.[H-].[H-].[Na+].[Na+]. The van der Waals surface area contributed by atoms with Crippen LogP contribution in [0.25, 0.3) is 0 Å². The molecule has 0 fully saturated rings. The maximum Gasteiger partial charge on any atom is 1.00 e. The second-order valence-electron chi connectivity index (χ2n) is 1.25. The van der Waals surface area contributed by atoms with Gasteiger partial charge in [0.15, 0.2) is 0 Å². The quantitative estimate of drug-likeness (QED) is 0.352. The zero-order chi connectivity index (χ0) is 9.07. The summed E-state index contributed by atoms with van der Waals surface area (Å²) in [7, 11) is -9.98. The molecule has 0 unspecified atom stereocenters. The van der Waals surface area contributed by atoms with Gasteiger partial charge in [-0.3, -0.25) is 0 Å². The molecule has 13 heavy (non-hydrogen) atoms. The number of rotatable bonds is 4. The molecule has 13 heteroatoms. The average molecular weight is 234 g/mol. The fraction of sp³-hybridized carbons (Fsp3) is 0. The van der Waals surface area contributed by atoms with Gasteiger partial charge in [-0.05, 0) is 0 Å². The van der Waals surface area contributed by atoms with Crippen LogP contribution in [0.15, 0.2) is 0 Å². The van der Waals surface area contributed by atoms with Gasteiger partial charge in [0, 0.05) is 0 Å². The summed E-state index contributed by atoms with van der Waals surface area (Å²) in [5.74, 6) is 0. The Kier molecular flexibility index (Phi) is 14.2. The predicted octanol–water partition coefficient (Wildman–Crippen LogP) is -9.56. The van der Waals surface area contributed by atoms with Crippen molar-refractivity contribution in [3.63, 3.8) is 0 Å². The van der Waals surface area contributed by atoms with Crippen molar-refractivity contribution in [2.45, 2.75) is 0 Å². The Balaban J connectivity index is -0.0000000833. The standard InChI is InChI=1S/B2H4O8S.2Na.2H/c3-1(4)9-11(7,8)10-2(5)6;;;;/h3-6H;;;;/q;2*+1;2*-1. The second kappa shape index (κ2) is 9.09. The van der Waals surface area contributed by atoms with E-state index in [9.17, 15) is 8.42 Å². The molecule has 0 radical (unpaired) electrons. The van der Waals surface area contributed by atoms with Crippen LogP contribution in [0.3, 0.4) is 0 Å². The maximum atomic E-state index is 10.2. The van der Waals surface area contributed by atoms with E-state index in [2.05, 4.69) is 8.20 Å². The summed E-state index contributed by atoms with van der Waals surface area (Å²) in [6.07, 6.45) is 0. The molecule has 0 aromatic rings. The minimum absolute atomic E-state index is 0. The molecule has 0 spiro atoms. The summed E-state index contributed by atoms with van der Waals surface area (Å²) in [5, 5.41) is 31.6. The Hall–Kier alpha value is 1.84. The summed E-state index contributed by atoms with van der Waals surface area (Å²) >= 11 is 0. The molecule has 8 nitrogen and oxygen atoms in total. The van der Waals surface area contributed by atoms with Crippen LogP contribution < -0.4 is 59.1 Å². The van der Waals surface area contributed by atoms with Crippen molar-refractivity contribution in [2.75, 3.05) is 0 Å². The van der Waals surface area contributed by atoms with E-state index >= 15 is 0 Å². The first kappa shape index (κ1) is 20.3. The van der Waals surface area contributed by atoms with Crippen LogP contribution in [0.1, 0.15) is 2.85 Å². The summed E-state index contributed by atoms with van der Waals surface area (Å²) in [6, 6.07) is 0. The number of hydrogen-bond acceptors (Lipinski definition) is 8. The van der Waals surface area contributed by atoms with Crippen molar-refractivity contribution >= 4 is 25.0 Å². The molecule has 0 saturated carbocycles. The van der Waals surface area contributed by atoms with Gasteiger partial charge >= 0.3 is 84.2 Å². The van der Waals surface area contributed by atoms with Gasteiger partial charge in [0.05, 0.1) is 0 Å². The van der Waals surface area contributed by atoms with Crippen molar-refractivity contribution in [1.29, 1.82) is 0 Å². The van der Waals surface area contributed by atoms with Crippen LogP contribution in [-0.2, 0) is 18.6 Å². The van der Waals surface area contributed by atoms with Gasteiger partial charge in [0.2, 0.25) is 0 Å². The Morgan fingerprint density at radius 2 is 1.15 bits per heavy atom. The van der Waals surface area contributed by atoms with E-state index in [1.165, 1.54) is 0 Å². The Labute approximate surface area is 122 Å². The first-order valence-corrected chi connectivity index (χ1v) is 3.50. The van der Waals surface area contributed by atoms with E-state index in [0.29, 0.717) is 0 Å². The molecule has 0 bridgehead atoms. The Bertz CT molecular complexity index is 191. The van der Waals surface area contributed by atoms with E-state index in [4.69, 9.17) is 20.1 Å². The minimum atomic E-state index is -4.78. The first-order valence-electron chi connectivity index (χ1n) is 2.17. The monoisotopic (exact) mass is 234 g/mol. The molecule has 0 atom stereocenters. The average Bonchev–Trinajstić information content (AvgIpc) is 1.53. The Morgan fingerprint density at radius 3 is 1.31 bits per heavy atom. The van der Waals surface area contributed by atoms with Crippen LogP contribution in [0.5, 0.6) is 0 Å². The normalized spacial score (nSPS) is 9.54. The van der Waals surface area contributed by atoms with Gasteiger partial charge in [0.1, 0.15) is 0 Å². The summed E-state index contributed by atoms with van der Waals surface area (Å²) in [4.78, 5) is 0. The third-order valence-corrected chi connectivity index (χ3v) is 1.22. The minimum Gasteiger partial charge on any atom is -1.00 e. The summed E-state index contributed by atoms with van der Waals surface area (Å²) < 4.78 is 26.9. The second-order valence-corrected chi connectivity index (χ2v) is 2.45. The zero-order valence-electron chi connectivity index (χ0n) is 8.98. The van der Waals surface area contributed by atoms with Crippen LogP contribution in [0.2, 0.25) is 0 Å². The smallest absolute Gasteiger partial charge is 1.00 e. The van der Waals surface area contributed by atoms with Crippen LogP contribution >= 0.6 is 0 Å². The van der Waals surface area contributed by atoms with Crippen LogP contribution in [0.4, 0.5) is 0 Å². The van der Waals surface area contributed by atoms with E-state index in [1.807, 2.05) is 0 Å². The van der Waals surface area contributed by atoms with Crippen LogP contribution in [0, 0.1) is 0 Å². The van der Waals surface area contributed by atoms with Crippen molar-refractivity contribution in [1.82, 2.24) is 0 Å². The third-order valence-electron chi connectivity index (χ3n) is 0.408. The molecule has 0 aromatic carbocycles. The van der Waals surface area contributed by atoms with E-state index in [1.54, 1.807) is 0 Å². The molecule has 68 valence electrons. The van der Waals surface area contributed by atoms with Gasteiger partial charge in [-0.2, -0.15) is 8.42 Å². The summed E-state index contributed by atoms with van der Waals surface area (Å²) in [6.45, 7) is 0. The molecule has 0 heterocycles. The summed E-state index contributed by atoms with van der Waals surface area (Å²) in [5.41, 5.74) is 0. The first-order chi connectivity index (χ1) is 4.83. The van der Waals surface area contributed by atoms with Gasteiger partial charge in [-0.15, -0.1) is 0 Å². The molecule has 0 aliphatic rings.